The van der Waals surface area contributed by atoms with Crippen LogP contribution in [0.25, 0.3) is 0 Å². The SMILES string of the molecule is CC.CC(C)CCCN(CCOC(C)(C)CCOC(C)(C)CCC(C)C)CC1(CO)CC1. The van der Waals surface area contributed by atoms with E-state index in [0.717, 1.165) is 57.5 Å². The monoisotopic (exact) mass is 457 g/mol. The van der Waals surface area contributed by atoms with Crippen LogP contribution in [0.5, 0.6) is 0 Å². The summed E-state index contributed by atoms with van der Waals surface area (Å²) in [5.74, 6) is 1.47. The molecule has 1 aliphatic carbocycles. The maximum absolute atomic E-state index is 9.73. The van der Waals surface area contributed by atoms with Crippen LogP contribution in [0.4, 0.5) is 0 Å². The van der Waals surface area contributed by atoms with Crippen LogP contribution in [0.1, 0.15) is 114 Å². The fraction of sp³-hybridized carbons (Fsp3) is 1.00. The second-order valence-electron chi connectivity index (χ2n) is 11.9. The summed E-state index contributed by atoms with van der Waals surface area (Å²) in [6.07, 6.45) is 8.03. The summed E-state index contributed by atoms with van der Waals surface area (Å²) >= 11 is 0. The fourth-order valence-electron chi connectivity index (χ4n) is 3.82. The topological polar surface area (TPSA) is 41.9 Å². The van der Waals surface area contributed by atoms with E-state index in [1.54, 1.807) is 0 Å². The number of hydrogen-bond donors (Lipinski definition) is 1. The lowest BCUT2D eigenvalue weighted by atomic mass is 9.96. The van der Waals surface area contributed by atoms with Gasteiger partial charge in [-0.2, -0.15) is 0 Å². The van der Waals surface area contributed by atoms with Crippen LogP contribution in [0, 0.1) is 17.3 Å². The van der Waals surface area contributed by atoms with Crippen molar-refractivity contribution in [2.45, 2.75) is 125 Å². The first-order valence-corrected chi connectivity index (χ1v) is 13.5. The molecule has 0 spiro atoms. The minimum atomic E-state index is -0.175. The Bertz CT molecular complexity index is 456. The van der Waals surface area contributed by atoms with Crippen molar-refractivity contribution in [1.29, 1.82) is 0 Å². The summed E-state index contributed by atoms with van der Waals surface area (Å²) < 4.78 is 12.5. The third kappa shape index (κ3) is 15.6. The van der Waals surface area contributed by atoms with Gasteiger partial charge in [0.25, 0.3) is 0 Å². The highest BCUT2D eigenvalue weighted by Crippen LogP contribution is 2.45. The van der Waals surface area contributed by atoms with E-state index in [4.69, 9.17) is 9.47 Å². The highest BCUT2D eigenvalue weighted by atomic mass is 16.5. The van der Waals surface area contributed by atoms with Gasteiger partial charge < -0.3 is 19.5 Å². The molecule has 0 aliphatic heterocycles. The third-order valence-electron chi connectivity index (χ3n) is 6.53. The Kier molecular flexibility index (Phi) is 15.6. The van der Waals surface area contributed by atoms with E-state index in [0.29, 0.717) is 6.61 Å². The van der Waals surface area contributed by atoms with Crippen molar-refractivity contribution in [3.63, 3.8) is 0 Å². The third-order valence-corrected chi connectivity index (χ3v) is 6.53. The van der Waals surface area contributed by atoms with Gasteiger partial charge in [0.1, 0.15) is 0 Å². The van der Waals surface area contributed by atoms with Gasteiger partial charge in [-0.25, -0.2) is 0 Å². The molecule has 4 nitrogen and oxygen atoms in total. The van der Waals surface area contributed by atoms with Gasteiger partial charge in [-0.05, 0) is 91.0 Å². The van der Waals surface area contributed by atoms with E-state index >= 15 is 0 Å². The number of aliphatic hydroxyl groups is 1. The zero-order valence-electron chi connectivity index (χ0n) is 23.6. The van der Waals surface area contributed by atoms with Gasteiger partial charge in [0.05, 0.1) is 24.4 Å². The standard InChI is InChI=1S/C26H53NO3.C2H6/c1-22(2)10-9-16-27(20-26(21-28)13-14-26)17-19-30-25(7,8)15-18-29-24(5,6)12-11-23(3)4;1-2/h22-23,28H,9-21H2,1-8H3;1-2H3. The molecule has 0 aromatic heterocycles. The molecule has 1 aliphatic rings. The predicted molar refractivity (Wildman–Crippen MR) is 139 cm³/mol. The highest BCUT2D eigenvalue weighted by molar-refractivity contribution is 4.95. The molecule has 1 fully saturated rings. The minimum absolute atomic E-state index is 0.0591. The maximum Gasteiger partial charge on any atom is 0.0649 e. The van der Waals surface area contributed by atoms with Gasteiger partial charge in [0.2, 0.25) is 0 Å². The molecule has 0 bridgehead atoms. The number of hydrogen-bond acceptors (Lipinski definition) is 4. The van der Waals surface area contributed by atoms with Gasteiger partial charge in [0, 0.05) is 25.1 Å². The Morgan fingerprint density at radius 3 is 1.84 bits per heavy atom. The number of aliphatic hydroxyl groups excluding tert-OH is 1. The summed E-state index contributed by atoms with van der Waals surface area (Å²) in [5, 5.41) is 9.73. The summed E-state index contributed by atoms with van der Waals surface area (Å²) in [4.78, 5) is 2.52. The van der Waals surface area contributed by atoms with Gasteiger partial charge in [-0.1, -0.05) is 41.5 Å². The normalized spacial score (nSPS) is 15.9. The Hall–Kier alpha value is -0.160. The van der Waals surface area contributed by atoms with E-state index in [1.165, 1.54) is 32.1 Å². The Labute approximate surface area is 201 Å². The highest BCUT2D eigenvalue weighted by Gasteiger charge is 2.43. The van der Waals surface area contributed by atoms with E-state index in [-0.39, 0.29) is 16.6 Å². The quantitative estimate of drug-likeness (QED) is 0.242. The van der Waals surface area contributed by atoms with Gasteiger partial charge in [-0.3, -0.25) is 0 Å². The summed E-state index contributed by atoms with van der Waals surface area (Å²) in [6.45, 7) is 26.7. The van der Waals surface area contributed by atoms with Crippen LogP contribution in [0.2, 0.25) is 0 Å². The van der Waals surface area contributed by atoms with Gasteiger partial charge >= 0.3 is 0 Å². The first kappa shape index (κ1) is 31.8. The van der Waals surface area contributed by atoms with Crippen molar-refractivity contribution >= 4 is 0 Å². The average Bonchev–Trinajstić information content (AvgIpc) is 3.47. The van der Waals surface area contributed by atoms with Crippen LogP contribution in [-0.2, 0) is 9.47 Å². The van der Waals surface area contributed by atoms with E-state index in [9.17, 15) is 5.11 Å². The average molecular weight is 458 g/mol. The number of nitrogens with zero attached hydrogens (tertiary/aromatic N) is 1. The lowest BCUT2D eigenvalue weighted by Gasteiger charge is -2.32. The molecule has 0 unspecified atom stereocenters. The zero-order valence-corrected chi connectivity index (χ0v) is 23.6. The molecule has 194 valence electrons. The molecule has 1 rings (SSSR count). The molecular formula is C28H59NO3. The molecule has 0 saturated heterocycles. The van der Waals surface area contributed by atoms with Crippen LogP contribution < -0.4 is 0 Å². The lowest BCUT2D eigenvalue weighted by molar-refractivity contribution is -0.0789. The largest absolute Gasteiger partial charge is 0.396 e. The molecule has 1 saturated carbocycles. The van der Waals surface area contributed by atoms with Crippen LogP contribution in [-0.4, -0.2) is 60.7 Å². The molecule has 0 radical (unpaired) electrons. The first-order chi connectivity index (χ1) is 14.9. The summed E-state index contributed by atoms with van der Waals surface area (Å²) in [5.41, 5.74) is -0.0643. The Morgan fingerprint density at radius 2 is 1.34 bits per heavy atom. The maximum atomic E-state index is 9.73. The van der Waals surface area contributed by atoms with Gasteiger partial charge in [-0.15, -0.1) is 0 Å². The molecule has 1 N–H and O–H groups in total. The molecule has 0 aromatic carbocycles. The lowest BCUT2D eigenvalue weighted by Crippen LogP contribution is -2.38. The second-order valence-corrected chi connectivity index (χ2v) is 11.9. The molecule has 0 atom stereocenters. The van der Waals surface area contributed by atoms with E-state index in [2.05, 4.69) is 60.3 Å². The zero-order chi connectivity index (χ0) is 24.8. The predicted octanol–water partition coefficient (Wildman–Crippen LogP) is 6.94. The van der Waals surface area contributed by atoms with Crippen LogP contribution >= 0.6 is 0 Å². The van der Waals surface area contributed by atoms with Crippen molar-refractivity contribution in [3.8, 4) is 0 Å². The molecule has 4 heteroatoms. The minimum Gasteiger partial charge on any atom is -0.396 e. The van der Waals surface area contributed by atoms with Crippen molar-refractivity contribution in [3.05, 3.63) is 0 Å². The van der Waals surface area contributed by atoms with Gasteiger partial charge in [0.15, 0.2) is 0 Å². The van der Waals surface area contributed by atoms with E-state index < -0.39 is 0 Å². The smallest absolute Gasteiger partial charge is 0.0649 e. The first-order valence-electron chi connectivity index (χ1n) is 13.5. The second kappa shape index (κ2) is 15.7. The van der Waals surface area contributed by atoms with E-state index in [1.807, 2.05) is 13.8 Å². The molecule has 0 heterocycles. The van der Waals surface area contributed by atoms with Crippen molar-refractivity contribution in [1.82, 2.24) is 4.90 Å². The molecular weight excluding hydrogens is 398 g/mol. The Balaban J connectivity index is 0.00000466. The summed E-state index contributed by atoms with van der Waals surface area (Å²) in [7, 11) is 0. The number of ether oxygens (including phenoxy) is 2. The fourth-order valence-corrected chi connectivity index (χ4v) is 3.82. The molecule has 0 amide bonds. The molecule has 0 aromatic rings. The van der Waals surface area contributed by atoms with Crippen molar-refractivity contribution in [2.24, 2.45) is 17.3 Å². The van der Waals surface area contributed by atoms with Crippen LogP contribution in [0.3, 0.4) is 0 Å². The number of rotatable bonds is 18. The van der Waals surface area contributed by atoms with Crippen molar-refractivity contribution < 1.29 is 14.6 Å². The van der Waals surface area contributed by atoms with Crippen LogP contribution in [0.15, 0.2) is 0 Å². The molecule has 32 heavy (non-hydrogen) atoms. The summed E-state index contributed by atoms with van der Waals surface area (Å²) in [6, 6.07) is 0. The Morgan fingerprint density at radius 1 is 0.812 bits per heavy atom. The van der Waals surface area contributed by atoms with Crippen molar-refractivity contribution in [2.75, 3.05) is 39.5 Å².